The second-order valence-corrected chi connectivity index (χ2v) is 7.22. The minimum Gasteiger partial charge on any atom is -0.493 e. The second-order valence-electron chi connectivity index (χ2n) is 7.22. The Bertz CT molecular complexity index is 793. The highest BCUT2D eigenvalue weighted by Gasteiger charge is 2.28. The summed E-state index contributed by atoms with van der Waals surface area (Å²) in [7, 11) is 0. The van der Waals surface area contributed by atoms with Crippen molar-refractivity contribution in [1.29, 1.82) is 0 Å². The topological polar surface area (TPSA) is 97.6 Å². The van der Waals surface area contributed by atoms with Gasteiger partial charge in [-0.2, -0.15) is 4.98 Å². The lowest BCUT2D eigenvalue weighted by molar-refractivity contribution is -0.136. The Morgan fingerprint density at radius 3 is 2.90 bits per heavy atom. The molecule has 1 fully saturated rings. The third-order valence-corrected chi connectivity index (χ3v) is 4.91. The first-order valence-corrected chi connectivity index (χ1v) is 10.1. The van der Waals surface area contributed by atoms with E-state index in [4.69, 9.17) is 9.26 Å². The van der Waals surface area contributed by atoms with Gasteiger partial charge in [0.15, 0.2) is 5.82 Å². The molecule has 1 aliphatic heterocycles. The first-order valence-electron chi connectivity index (χ1n) is 10.1. The van der Waals surface area contributed by atoms with Crippen LogP contribution in [0.3, 0.4) is 0 Å². The fraction of sp³-hybridized carbons (Fsp3) is 0.524. The van der Waals surface area contributed by atoms with Gasteiger partial charge < -0.3 is 19.5 Å². The van der Waals surface area contributed by atoms with Crippen molar-refractivity contribution in [3.8, 4) is 5.75 Å². The molecular formula is C21H28N4O4. The van der Waals surface area contributed by atoms with Gasteiger partial charge >= 0.3 is 0 Å². The molecule has 0 spiro atoms. The number of hydrogen-bond donors (Lipinski definition) is 1. The van der Waals surface area contributed by atoms with Crippen LogP contribution in [-0.4, -0.2) is 53.1 Å². The minimum absolute atomic E-state index is 0.00439. The Morgan fingerprint density at radius 1 is 1.31 bits per heavy atom. The number of piperidine rings is 1. The van der Waals surface area contributed by atoms with Crippen molar-refractivity contribution in [3.63, 3.8) is 0 Å². The summed E-state index contributed by atoms with van der Waals surface area (Å²) in [5, 5.41) is 6.71. The number of hydrogen-bond acceptors (Lipinski definition) is 6. The van der Waals surface area contributed by atoms with Gasteiger partial charge in [-0.1, -0.05) is 23.4 Å². The Morgan fingerprint density at radius 2 is 2.14 bits per heavy atom. The van der Waals surface area contributed by atoms with Crippen molar-refractivity contribution in [2.45, 2.75) is 39.0 Å². The third kappa shape index (κ3) is 6.58. The molecule has 0 radical (unpaired) electrons. The Hall–Kier alpha value is -2.90. The molecule has 1 unspecified atom stereocenters. The summed E-state index contributed by atoms with van der Waals surface area (Å²) in [6.45, 7) is 3.84. The number of carbonyl (C=O) groups is 2. The summed E-state index contributed by atoms with van der Waals surface area (Å²) in [5.41, 5.74) is 0. The predicted octanol–water partition coefficient (Wildman–Crippen LogP) is 2.13. The van der Waals surface area contributed by atoms with Crippen LogP contribution in [0.1, 0.15) is 37.4 Å². The van der Waals surface area contributed by atoms with E-state index in [1.807, 2.05) is 30.3 Å². The molecule has 3 rings (SSSR count). The number of likely N-dealkylation sites (tertiary alicyclic amines) is 1. The molecule has 1 aromatic carbocycles. The lowest BCUT2D eigenvalue weighted by atomic mass is 9.97. The molecule has 1 N–H and O–H groups in total. The highest BCUT2D eigenvalue weighted by Crippen LogP contribution is 2.18. The Labute approximate surface area is 170 Å². The molecule has 1 aromatic heterocycles. The fourth-order valence-electron chi connectivity index (χ4n) is 3.39. The molecule has 29 heavy (non-hydrogen) atoms. The number of nitrogens with one attached hydrogen (secondary N) is 1. The van der Waals surface area contributed by atoms with E-state index in [0.29, 0.717) is 50.8 Å². The second kappa shape index (κ2) is 10.6. The molecule has 2 aromatic rings. The first kappa shape index (κ1) is 20.8. The predicted molar refractivity (Wildman–Crippen MR) is 106 cm³/mol. The van der Waals surface area contributed by atoms with Gasteiger partial charge in [0, 0.05) is 26.1 Å². The highest BCUT2D eigenvalue weighted by molar-refractivity contribution is 5.81. The van der Waals surface area contributed by atoms with Crippen LogP contribution in [0.5, 0.6) is 5.75 Å². The van der Waals surface area contributed by atoms with Gasteiger partial charge in [-0.25, -0.2) is 0 Å². The van der Waals surface area contributed by atoms with Crippen molar-refractivity contribution in [3.05, 3.63) is 42.0 Å². The molecule has 8 heteroatoms. The molecule has 156 valence electrons. The van der Waals surface area contributed by atoms with E-state index in [0.717, 1.165) is 25.0 Å². The smallest absolute Gasteiger partial charge is 0.226 e. The quantitative estimate of drug-likeness (QED) is 0.648. The average Bonchev–Trinajstić information content (AvgIpc) is 3.17. The normalized spacial score (nSPS) is 16.4. The molecule has 1 atom stereocenters. The highest BCUT2D eigenvalue weighted by atomic mass is 16.5. The number of benzene rings is 1. The van der Waals surface area contributed by atoms with Crippen LogP contribution in [0.2, 0.25) is 0 Å². The molecule has 0 bridgehead atoms. The summed E-state index contributed by atoms with van der Waals surface area (Å²) in [6.07, 6.45) is 3.33. The van der Waals surface area contributed by atoms with Gasteiger partial charge in [0.25, 0.3) is 0 Å². The Kier molecular flexibility index (Phi) is 7.61. The zero-order valence-corrected chi connectivity index (χ0v) is 16.8. The number of para-hydroxylation sites is 1. The van der Waals surface area contributed by atoms with Gasteiger partial charge in [0.2, 0.25) is 17.7 Å². The maximum Gasteiger partial charge on any atom is 0.226 e. The molecule has 0 aliphatic carbocycles. The standard InChI is InChI=1S/C21H28N4O4/c1-16-23-19(29-24-16)10-5-12-22-21(27)17-7-6-13-25(15-17)20(26)11-14-28-18-8-3-2-4-9-18/h2-4,8-9,17H,5-7,10-15H2,1H3,(H,22,27). The number of aryl methyl sites for hydroxylation is 2. The van der Waals surface area contributed by atoms with Crippen molar-refractivity contribution in [2.24, 2.45) is 5.92 Å². The maximum atomic E-state index is 12.5. The molecule has 1 saturated heterocycles. The molecule has 1 aliphatic rings. The first-order chi connectivity index (χ1) is 14.1. The summed E-state index contributed by atoms with van der Waals surface area (Å²) in [5.74, 6) is 1.84. The van der Waals surface area contributed by atoms with Crippen LogP contribution in [0.15, 0.2) is 34.9 Å². The summed E-state index contributed by atoms with van der Waals surface area (Å²) < 4.78 is 10.7. The van der Waals surface area contributed by atoms with Gasteiger partial charge in [-0.15, -0.1) is 0 Å². The number of rotatable bonds is 9. The SMILES string of the molecule is Cc1noc(CCCNC(=O)C2CCCN(C(=O)CCOc3ccccc3)C2)n1. The van der Waals surface area contributed by atoms with Crippen LogP contribution >= 0.6 is 0 Å². The lowest BCUT2D eigenvalue weighted by Gasteiger charge is -2.32. The maximum absolute atomic E-state index is 12.5. The molecule has 2 heterocycles. The molecular weight excluding hydrogens is 372 g/mol. The van der Waals surface area contributed by atoms with Crippen LogP contribution in [0.25, 0.3) is 0 Å². The zero-order chi connectivity index (χ0) is 20.5. The van der Waals surface area contributed by atoms with Crippen molar-refractivity contribution in [2.75, 3.05) is 26.2 Å². The van der Waals surface area contributed by atoms with Gasteiger partial charge in [0.05, 0.1) is 18.9 Å². The van der Waals surface area contributed by atoms with E-state index < -0.39 is 0 Å². The number of carbonyl (C=O) groups excluding carboxylic acids is 2. The van der Waals surface area contributed by atoms with E-state index in [1.54, 1.807) is 11.8 Å². The molecule has 2 amide bonds. The Balaban J connectivity index is 1.35. The molecule has 8 nitrogen and oxygen atoms in total. The van der Waals surface area contributed by atoms with E-state index in [-0.39, 0.29) is 17.7 Å². The summed E-state index contributed by atoms with van der Waals surface area (Å²) in [6, 6.07) is 9.45. The number of amides is 2. The minimum atomic E-state index is -0.159. The number of ether oxygens (including phenoxy) is 1. The van der Waals surface area contributed by atoms with E-state index >= 15 is 0 Å². The lowest BCUT2D eigenvalue weighted by Crippen LogP contribution is -2.45. The van der Waals surface area contributed by atoms with Crippen LogP contribution in [-0.2, 0) is 16.0 Å². The number of aromatic nitrogens is 2. The zero-order valence-electron chi connectivity index (χ0n) is 16.8. The van der Waals surface area contributed by atoms with Gasteiger partial charge in [-0.3, -0.25) is 9.59 Å². The monoisotopic (exact) mass is 400 g/mol. The summed E-state index contributed by atoms with van der Waals surface area (Å²) in [4.78, 5) is 30.8. The largest absolute Gasteiger partial charge is 0.493 e. The van der Waals surface area contributed by atoms with Crippen molar-refractivity contribution < 1.29 is 18.8 Å². The van der Waals surface area contributed by atoms with Crippen LogP contribution < -0.4 is 10.1 Å². The van der Waals surface area contributed by atoms with Crippen LogP contribution in [0, 0.1) is 12.8 Å². The van der Waals surface area contributed by atoms with Crippen LogP contribution in [0.4, 0.5) is 0 Å². The van der Waals surface area contributed by atoms with Gasteiger partial charge in [0.1, 0.15) is 5.75 Å². The van der Waals surface area contributed by atoms with Gasteiger partial charge in [-0.05, 0) is 38.3 Å². The van der Waals surface area contributed by atoms with Crippen molar-refractivity contribution in [1.82, 2.24) is 20.4 Å². The van der Waals surface area contributed by atoms with E-state index in [1.165, 1.54) is 0 Å². The fourth-order valence-corrected chi connectivity index (χ4v) is 3.39. The third-order valence-electron chi connectivity index (χ3n) is 4.91. The molecule has 0 saturated carbocycles. The van der Waals surface area contributed by atoms with E-state index in [2.05, 4.69) is 15.5 Å². The van der Waals surface area contributed by atoms with Crippen molar-refractivity contribution >= 4 is 11.8 Å². The van der Waals surface area contributed by atoms with E-state index in [9.17, 15) is 9.59 Å². The average molecular weight is 400 g/mol. The number of nitrogens with zero attached hydrogens (tertiary/aromatic N) is 3. The summed E-state index contributed by atoms with van der Waals surface area (Å²) >= 11 is 0.